The van der Waals surface area contributed by atoms with Crippen LogP contribution in [0, 0.1) is 0 Å². The summed E-state index contributed by atoms with van der Waals surface area (Å²) in [5.41, 5.74) is 3.96. The van der Waals surface area contributed by atoms with Crippen molar-refractivity contribution in [2.75, 3.05) is 38.2 Å². The number of benzene rings is 2. The highest BCUT2D eigenvalue weighted by Crippen LogP contribution is 2.22. The molecule has 0 saturated heterocycles. The van der Waals surface area contributed by atoms with Crippen molar-refractivity contribution in [3.05, 3.63) is 59.7 Å². The highest BCUT2D eigenvalue weighted by atomic mass is 16.5. The van der Waals surface area contributed by atoms with Crippen molar-refractivity contribution in [1.82, 2.24) is 4.90 Å². The quantitative estimate of drug-likeness (QED) is 0.628. The largest absolute Gasteiger partial charge is 0.497 e. The van der Waals surface area contributed by atoms with Crippen LogP contribution in [0.15, 0.2) is 48.5 Å². The molecule has 0 aromatic heterocycles. The Hall–Kier alpha value is -2.00. The van der Waals surface area contributed by atoms with Gasteiger partial charge in [-0.2, -0.15) is 0 Å². The monoisotopic (exact) mass is 340 g/mol. The van der Waals surface area contributed by atoms with E-state index in [1.807, 2.05) is 12.1 Å². The maximum atomic E-state index is 5.35. The summed E-state index contributed by atoms with van der Waals surface area (Å²) >= 11 is 0. The number of methoxy groups -OCH3 is 1. The Kier molecular flexibility index (Phi) is 7.80. The van der Waals surface area contributed by atoms with E-state index in [0.29, 0.717) is 0 Å². The number of hydrogen-bond acceptors (Lipinski definition) is 3. The second-order valence-corrected chi connectivity index (χ2v) is 6.31. The zero-order valence-corrected chi connectivity index (χ0v) is 16.2. The van der Waals surface area contributed by atoms with Crippen molar-refractivity contribution in [3.63, 3.8) is 0 Å². The molecule has 0 aliphatic carbocycles. The smallest absolute Gasteiger partial charge is 0.120 e. The van der Waals surface area contributed by atoms with E-state index in [4.69, 9.17) is 4.74 Å². The van der Waals surface area contributed by atoms with Crippen LogP contribution in [-0.2, 0) is 13.0 Å². The van der Waals surface area contributed by atoms with E-state index >= 15 is 0 Å². The SMILES string of the molecule is CCN(CC)CCc1ccc(CN(CC)c2cccc(OC)c2)cc1. The second kappa shape index (κ2) is 10.1. The highest BCUT2D eigenvalue weighted by Gasteiger charge is 2.07. The lowest BCUT2D eigenvalue weighted by atomic mass is 10.1. The number of likely N-dealkylation sites (N-methyl/N-ethyl adjacent to an activating group) is 1. The van der Waals surface area contributed by atoms with Crippen LogP contribution >= 0.6 is 0 Å². The molecule has 0 fully saturated rings. The van der Waals surface area contributed by atoms with E-state index in [-0.39, 0.29) is 0 Å². The summed E-state index contributed by atoms with van der Waals surface area (Å²) in [4.78, 5) is 4.84. The summed E-state index contributed by atoms with van der Waals surface area (Å²) < 4.78 is 5.35. The van der Waals surface area contributed by atoms with Crippen molar-refractivity contribution in [3.8, 4) is 5.75 Å². The maximum Gasteiger partial charge on any atom is 0.120 e. The van der Waals surface area contributed by atoms with Crippen LogP contribution in [0.5, 0.6) is 5.75 Å². The molecule has 136 valence electrons. The molecule has 2 aromatic carbocycles. The fourth-order valence-electron chi connectivity index (χ4n) is 3.05. The molecular formula is C22H32N2O. The molecule has 0 amide bonds. The van der Waals surface area contributed by atoms with Gasteiger partial charge in [-0.3, -0.25) is 0 Å². The molecule has 3 nitrogen and oxygen atoms in total. The van der Waals surface area contributed by atoms with Crippen LogP contribution in [0.25, 0.3) is 0 Å². The zero-order valence-electron chi connectivity index (χ0n) is 16.2. The van der Waals surface area contributed by atoms with Crippen molar-refractivity contribution >= 4 is 5.69 Å². The zero-order chi connectivity index (χ0) is 18.1. The van der Waals surface area contributed by atoms with Crippen LogP contribution in [0.1, 0.15) is 31.9 Å². The molecule has 0 aliphatic rings. The van der Waals surface area contributed by atoms with Crippen molar-refractivity contribution in [1.29, 1.82) is 0 Å². The first-order chi connectivity index (χ1) is 12.2. The van der Waals surface area contributed by atoms with Crippen LogP contribution < -0.4 is 9.64 Å². The number of nitrogens with zero attached hydrogens (tertiary/aromatic N) is 2. The van der Waals surface area contributed by atoms with Gasteiger partial charge in [0.1, 0.15) is 5.75 Å². The molecule has 0 aliphatic heterocycles. The van der Waals surface area contributed by atoms with Gasteiger partial charge < -0.3 is 14.5 Å². The first kappa shape index (κ1) is 19.3. The fourth-order valence-corrected chi connectivity index (χ4v) is 3.05. The Balaban J connectivity index is 1.98. The predicted octanol–water partition coefficient (Wildman–Crippen LogP) is 4.61. The second-order valence-electron chi connectivity index (χ2n) is 6.31. The third kappa shape index (κ3) is 5.79. The molecule has 0 unspecified atom stereocenters. The molecule has 0 saturated carbocycles. The molecule has 0 bridgehead atoms. The fraction of sp³-hybridized carbons (Fsp3) is 0.455. The minimum atomic E-state index is 0.905. The average molecular weight is 341 g/mol. The molecule has 0 atom stereocenters. The molecule has 2 rings (SSSR count). The van der Waals surface area contributed by atoms with Gasteiger partial charge in [-0.25, -0.2) is 0 Å². The highest BCUT2D eigenvalue weighted by molar-refractivity contribution is 5.51. The first-order valence-corrected chi connectivity index (χ1v) is 9.39. The van der Waals surface area contributed by atoms with Gasteiger partial charge >= 0.3 is 0 Å². The lowest BCUT2D eigenvalue weighted by molar-refractivity contribution is 0.308. The van der Waals surface area contributed by atoms with E-state index in [1.165, 1.54) is 16.8 Å². The van der Waals surface area contributed by atoms with Crippen LogP contribution in [0.3, 0.4) is 0 Å². The molecule has 0 radical (unpaired) electrons. The van der Waals surface area contributed by atoms with Gasteiger partial charge in [0.05, 0.1) is 7.11 Å². The first-order valence-electron chi connectivity index (χ1n) is 9.39. The lowest BCUT2D eigenvalue weighted by Gasteiger charge is -2.24. The number of anilines is 1. The standard InChI is InChI=1S/C22H32N2O/c1-5-23(6-2)16-15-19-11-13-20(14-12-19)18-24(7-3)21-9-8-10-22(17-21)25-4/h8-14,17H,5-7,15-16,18H2,1-4H3. The lowest BCUT2D eigenvalue weighted by Crippen LogP contribution is -2.25. The van der Waals surface area contributed by atoms with Crippen LogP contribution in [0.2, 0.25) is 0 Å². The van der Waals surface area contributed by atoms with Gasteiger partial charge in [-0.1, -0.05) is 44.2 Å². The number of ether oxygens (including phenoxy) is 1. The summed E-state index contributed by atoms with van der Waals surface area (Å²) in [7, 11) is 1.71. The minimum Gasteiger partial charge on any atom is -0.497 e. The molecule has 0 heterocycles. The summed E-state index contributed by atoms with van der Waals surface area (Å²) in [5.74, 6) is 0.905. The van der Waals surface area contributed by atoms with E-state index in [0.717, 1.165) is 44.9 Å². The predicted molar refractivity (Wildman–Crippen MR) is 108 cm³/mol. The van der Waals surface area contributed by atoms with Gasteiger partial charge in [0.25, 0.3) is 0 Å². The molecule has 25 heavy (non-hydrogen) atoms. The Morgan fingerprint density at radius 1 is 0.840 bits per heavy atom. The van der Waals surface area contributed by atoms with Crippen LogP contribution in [-0.4, -0.2) is 38.2 Å². The molecule has 3 heteroatoms. The summed E-state index contributed by atoms with van der Waals surface area (Å²) in [5, 5.41) is 0. The Labute approximate surface area is 153 Å². The van der Waals surface area contributed by atoms with Crippen molar-refractivity contribution in [2.45, 2.75) is 33.7 Å². The minimum absolute atomic E-state index is 0.905. The Morgan fingerprint density at radius 2 is 1.52 bits per heavy atom. The molecule has 0 N–H and O–H groups in total. The van der Waals surface area contributed by atoms with E-state index in [9.17, 15) is 0 Å². The van der Waals surface area contributed by atoms with Gasteiger partial charge in [0, 0.05) is 31.4 Å². The molecular weight excluding hydrogens is 308 g/mol. The van der Waals surface area contributed by atoms with Gasteiger partial charge in [-0.15, -0.1) is 0 Å². The number of hydrogen-bond donors (Lipinski definition) is 0. The van der Waals surface area contributed by atoms with E-state index in [2.05, 4.69) is 67.0 Å². The van der Waals surface area contributed by atoms with E-state index in [1.54, 1.807) is 7.11 Å². The van der Waals surface area contributed by atoms with Crippen molar-refractivity contribution < 1.29 is 4.74 Å². The third-order valence-corrected chi connectivity index (χ3v) is 4.81. The molecule has 2 aromatic rings. The topological polar surface area (TPSA) is 15.7 Å². The van der Waals surface area contributed by atoms with E-state index < -0.39 is 0 Å². The van der Waals surface area contributed by atoms with Gasteiger partial charge in [0.2, 0.25) is 0 Å². The Morgan fingerprint density at radius 3 is 2.12 bits per heavy atom. The maximum absolute atomic E-state index is 5.35. The summed E-state index contributed by atoms with van der Waals surface area (Å²) in [6, 6.07) is 17.4. The van der Waals surface area contributed by atoms with Gasteiger partial charge in [-0.05, 0) is 49.7 Å². The normalized spacial score (nSPS) is 10.9. The van der Waals surface area contributed by atoms with Crippen molar-refractivity contribution in [2.24, 2.45) is 0 Å². The molecule has 0 spiro atoms. The average Bonchev–Trinajstić information content (AvgIpc) is 2.68. The van der Waals surface area contributed by atoms with Crippen LogP contribution in [0.4, 0.5) is 5.69 Å². The Bertz CT molecular complexity index is 620. The number of rotatable bonds is 10. The summed E-state index contributed by atoms with van der Waals surface area (Å²) in [6.07, 6.45) is 1.12. The third-order valence-electron chi connectivity index (χ3n) is 4.81. The van der Waals surface area contributed by atoms with Gasteiger partial charge in [0.15, 0.2) is 0 Å². The summed E-state index contributed by atoms with van der Waals surface area (Å²) in [6.45, 7) is 11.9.